The summed E-state index contributed by atoms with van der Waals surface area (Å²) in [5, 5.41) is 5.78. The van der Waals surface area contributed by atoms with Crippen LogP contribution in [0.2, 0.25) is 0 Å². The largest absolute Gasteiger partial charge is 0.383 e. The second-order valence-electron chi connectivity index (χ2n) is 5.36. The maximum atomic E-state index is 11.6. The fraction of sp³-hybridized carbons (Fsp3) is 0.529. The summed E-state index contributed by atoms with van der Waals surface area (Å²) in [6, 6.07) is 7.52. The molecule has 0 fully saturated rings. The highest BCUT2D eigenvalue weighted by Crippen LogP contribution is 2.10. The van der Waals surface area contributed by atoms with Gasteiger partial charge in [-0.25, -0.2) is 4.68 Å². The standard InChI is InChI=1S/C10H10N2O.C7H17NO/c1-7-8-5-3-4-6-9(8)10(13)12(2)11-7;1-4-5-8(2)6-7-9-3/h3-6H,1-2H3;4-7H2,1-3H3. The Balaban J connectivity index is 0.000000239. The number of fused-ring (bicyclic) bond motifs is 1. The van der Waals surface area contributed by atoms with Crippen molar-refractivity contribution in [1.29, 1.82) is 0 Å². The zero-order valence-corrected chi connectivity index (χ0v) is 14.3. The number of likely N-dealkylation sites (N-methyl/N-ethyl adjacent to an activating group) is 1. The molecular formula is C17H27N3O2. The topological polar surface area (TPSA) is 47.4 Å². The zero-order chi connectivity index (χ0) is 16.5. The Morgan fingerprint density at radius 3 is 2.45 bits per heavy atom. The molecule has 0 radical (unpaired) electrons. The molecule has 0 saturated heterocycles. The van der Waals surface area contributed by atoms with Crippen molar-refractivity contribution >= 4 is 10.8 Å². The fourth-order valence-electron chi connectivity index (χ4n) is 2.22. The number of benzene rings is 1. The van der Waals surface area contributed by atoms with Gasteiger partial charge in [-0.2, -0.15) is 5.10 Å². The van der Waals surface area contributed by atoms with Gasteiger partial charge in [0.25, 0.3) is 5.56 Å². The molecule has 0 aliphatic carbocycles. The summed E-state index contributed by atoms with van der Waals surface area (Å²) < 4.78 is 6.29. The molecule has 0 saturated carbocycles. The van der Waals surface area contributed by atoms with E-state index in [2.05, 4.69) is 24.0 Å². The van der Waals surface area contributed by atoms with E-state index in [-0.39, 0.29) is 5.56 Å². The van der Waals surface area contributed by atoms with Gasteiger partial charge in [-0.05, 0) is 33.0 Å². The van der Waals surface area contributed by atoms with Gasteiger partial charge in [-0.1, -0.05) is 25.1 Å². The van der Waals surface area contributed by atoms with Gasteiger partial charge in [0.2, 0.25) is 0 Å². The molecule has 5 nitrogen and oxygen atoms in total. The van der Waals surface area contributed by atoms with E-state index >= 15 is 0 Å². The second kappa shape index (κ2) is 9.33. The SMILES string of the molecule is CCCN(C)CCOC.Cc1nn(C)c(=O)c2ccccc12. The second-order valence-corrected chi connectivity index (χ2v) is 5.36. The minimum absolute atomic E-state index is 0.0406. The van der Waals surface area contributed by atoms with E-state index < -0.39 is 0 Å². The van der Waals surface area contributed by atoms with Crippen LogP contribution >= 0.6 is 0 Å². The summed E-state index contributed by atoms with van der Waals surface area (Å²) in [6.07, 6.45) is 1.22. The first-order valence-electron chi connectivity index (χ1n) is 7.61. The number of ether oxygens (including phenoxy) is 1. The van der Waals surface area contributed by atoms with Crippen molar-refractivity contribution in [2.24, 2.45) is 7.05 Å². The van der Waals surface area contributed by atoms with Gasteiger partial charge < -0.3 is 9.64 Å². The van der Waals surface area contributed by atoms with Crippen molar-refractivity contribution < 1.29 is 4.74 Å². The van der Waals surface area contributed by atoms with E-state index in [1.165, 1.54) is 17.6 Å². The van der Waals surface area contributed by atoms with E-state index in [1.54, 1.807) is 14.2 Å². The van der Waals surface area contributed by atoms with Crippen LogP contribution in [0.3, 0.4) is 0 Å². The smallest absolute Gasteiger partial charge is 0.274 e. The predicted octanol–water partition coefficient (Wildman–Crippen LogP) is 2.22. The van der Waals surface area contributed by atoms with E-state index in [0.29, 0.717) is 0 Å². The van der Waals surface area contributed by atoms with Crippen molar-refractivity contribution in [1.82, 2.24) is 14.7 Å². The minimum Gasteiger partial charge on any atom is -0.383 e. The van der Waals surface area contributed by atoms with E-state index in [9.17, 15) is 4.79 Å². The molecule has 1 aromatic carbocycles. The van der Waals surface area contributed by atoms with Crippen molar-refractivity contribution in [3.8, 4) is 0 Å². The molecule has 0 atom stereocenters. The Morgan fingerprint density at radius 2 is 1.86 bits per heavy atom. The molecule has 0 aliphatic rings. The summed E-state index contributed by atoms with van der Waals surface area (Å²) in [4.78, 5) is 13.8. The van der Waals surface area contributed by atoms with Crippen molar-refractivity contribution in [3.63, 3.8) is 0 Å². The quantitative estimate of drug-likeness (QED) is 0.850. The lowest BCUT2D eigenvalue weighted by Crippen LogP contribution is -2.23. The summed E-state index contributed by atoms with van der Waals surface area (Å²) in [5.74, 6) is 0. The van der Waals surface area contributed by atoms with Gasteiger partial charge in [0.1, 0.15) is 0 Å². The molecule has 0 N–H and O–H groups in total. The Bertz CT molecular complexity index is 637. The highest BCUT2D eigenvalue weighted by Gasteiger charge is 2.03. The molecule has 5 heteroatoms. The Hall–Kier alpha value is -1.72. The van der Waals surface area contributed by atoms with Crippen LogP contribution in [0.1, 0.15) is 19.0 Å². The minimum atomic E-state index is -0.0406. The van der Waals surface area contributed by atoms with Crippen LogP contribution < -0.4 is 5.56 Å². The molecule has 0 amide bonds. The first-order valence-corrected chi connectivity index (χ1v) is 7.61. The van der Waals surface area contributed by atoms with E-state index in [4.69, 9.17) is 4.74 Å². The number of methoxy groups -OCH3 is 1. The zero-order valence-electron chi connectivity index (χ0n) is 14.3. The lowest BCUT2D eigenvalue weighted by Gasteiger charge is -2.13. The average Bonchev–Trinajstić information content (AvgIpc) is 2.52. The summed E-state index contributed by atoms with van der Waals surface area (Å²) in [7, 11) is 5.52. The number of aryl methyl sites for hydroxylation is 2. The van der Waals surface area contributed by atoms with Crippen molar-refractivity contribution in [2.75, 3.05) is 33.9 Å². The first-order chi connectivity index (χ1) is 10.5. The maximum Gasteiger partial charge on any atom is 0.274 e. The fourth-order valence-corrected chi connectivity index (χ4v) is 2.22. The van der Waals surface area contributed by atoms with Gasteiger partial charge in [0, 0.05) is 26.1 Å². The third kappa shape index (κ3) is 5.24. The Kier molecular flexibility index (Phi) is 7.77. The molecule has 0 unspecified atom stereocenters. The summed E-state index contributed by atoms with van der Waals surface area (Å²) in [6.45, 7) is 7.15. The molecule has 122 valence electrons. The average molecular weight is 305 g/mol. The van der Waals surface area contributed by atoms with Crippen LogP contribution in [0.15, 0.2) is 29.1 Å². The summed E-state index contributed by atoms with van der Waals surface area (Å²) in [5.41, 5.74) is 0.846. The van der Waals surface area contributed by atoms with Crippen LogP contribution in [0.5, 0.6) is 0 Å². The molecule has 1 aromatic heterocycles. The van der Waals surface area contributed by atoms with Crippen LogP contribution in [0.4, 0.5) is 0 Å². The van der Waals surface area contributed by atoms with Gasteiger partial charge >= 0.3 is 0 Å². The molecule has 22 heavy (non-hydrogen) atoms. The van der Waals surface area contributed by atoms with Crippen LogP contribution in [0, 0.1) is 6.92 Å². The number of aromatic nitrogens is 2. The monoisotopic (exact) mass is 305 g/mol. The van der Waals surface area contributed by atoms with Crippen molar-refractivity contribution in [2.45, 2.75) is 20.3 Å². The predicted molar refractivity (Wildman–Crippen MR) is 91.4 cm³/mol. The molecule has 2 aromatic rings. The molecule has 0 aliphatic heterocycles. The highest BCUT2D eigenvalue weighted by atomic mass is 16.5. The maximum absolute atomic E-state index is 11.6. The lowest BCUT2D eigenvalue weighted by molar-refractivity contribution is 0.161. The van der Waals surface area contributed by atoms with Crippen LogP contribution in [0.25, 0.3) is 10.8 Å². The van der Waals surface area contributed by atoms with Gasteiger partial charge in [-0.15, -0.1) is 0 Å². The van der Waals surface area contributed by atoms with Gasteiger partial charge in [-0.3, -0.25) is 4.79 Å². The number of hydrogen-bond acceptors (Lipinski definition) is 4. The lowest BCUT2D eigenvalue weighted by atomic mass is 10.1. The third-order valence-corrected chi connectivity index (χ3v) is 3.42. The number of rotatable bonds is 5. The molecular weight excluding hydrogens is 278 g/mol. The van der Waals surface area contributed by atoms with E-state index in [0.717, 1.165) is 29.6 Å². The number of nitrogens with zero attached hydrogens (tertiary/aromatic N) is 3. The van der Waals surface area contributed by atoms with E-state index in [1.807, 2.05) is 31.2 Å². The van der Waals surface area contributed by atoms with Gasteiger partial charge in [0.15, 0.2) is 0 Å². The first kappa shape index (κ1) is 18.3. The Morgan fingerprint density at radius 1 is 1.23 bits per heavy atom. The normalized spacial score (nSPS) is 10.6. The van der Waals surface area contributed by atoms with Crippen molar-refractivity contribution in [3.05, 3.63) is 40.3 Å². The molecule has 0 spiro atoms. The Labute approximate surface area is 132 Å². The molecule has 2 rings (SSSR count). The third-order valence-electron chi connectivity index (χ3n) is 3.42. The van der Waals surface area contributed by atoms with Gasteiger partial charge in [0.05, 0.1) is 17.7 Å². The van der Waals surface area contributed by atoms with Crippen LogP contribution in [-0.4, -0.2) is 48.5 Å². The number of hydrogen-bond donors (Lipinski definition) is 0. The van der Waals surface area contributed by atoms with Crippen LogP contribution in [-0.2, 0) is 11.8 Å². The molecule has 0 bridgehead atoms. The summed E-state index contributed by atoms with van der Waals surface area (Å²) >= 11 is 0. The molecule has 1 heterocycles. The highest BCUT2D eigenvalue weighted by molar-refractivity contribution is 5.83.